The second-order valence-corrected chi connectivity index (χ2v) is 5.12. The van der Waals surface area contributed by atoms with Gasteiger partial charge < -0.3 is 20.4 Å². The molecule has 0 amide bonds. The molecule has 0 fully saturated rings. The molecule has 0 radical (unpaired) electrons. The molecule has 1 aromatic carbocycles. The zero-order chi connectivity index (χ0) is 18.1. The molecule has 1 aliphatic carbocycles. The van der Waals surface area contributed by atoms with Crippen LogP contribution in [0.1, 0.15) is 5.56 Å². The van der Waals surface area contributed by atoms with Crippen LogP contribution in [0.4, 0.5) is 0 Å². The van der Waals surface area contributed by atoms with Crippen LogP contribution >= 0.6 is 0 Å². The highest BCUT2D eigenvalue weighted by molar-refractivity contribution is 6.12. The van der Waals surface area contributed by atoms with Gasteiger partial charge >= 0.3 is 23.9 Å². The molecular formula is C16H12O8. The monoisotopic (exact) mass is 332 g/mol. The Hall–Kier alpha value is -3.42. The van der Waals surface area contributed by atoms with Crippen molar-refractivity contribution in [3.8, 4) is 0 Å². The average Bonchev–Trinajstić information content (AvgIpc) is 2.53. The average molecular weight is 332 g/mol. The van der Waals surface area contributed by atoms with Crippen LogP contribution < -0.4 is 0 Å². The van der Waals surface area contributed by atoms with Crippen molar-refractivity contribution in [2.75, 3.05) is 0 Å². The summed E-state index contributed by atoms with van der Waals surface area (Å²) < 4.78 is 0. The molecule has 0 aromatic heterocycles. The predicted octanol–water partition coefficient (Wildman–Crippen LogP) is 0.951. The molecule has 8 heteroatoms. The zero-order valence-electron chi connectivity index (χ0n) is 12.0. The third-order valence-corrected chi connectivity index (χ3v) is 3.77. The van der Waals surface area contributed by atoms with E-state index >= 15 is 0 Å². The van der Waals surface area contributed by atoms with Gasteiger partial charge in [-0.25, -0.2) is 4.79 Å². The van der Waals surface area contributed by atoms with Crippen LogP contribution in [0.5, 0.6) is 0 Å². The minimum absolute atomic E-state index is 0.201. The van der Waals surface area contributed by atoms with E-state index < -0.39 is 40.8 Å². The van der Waals surface area contributed by atoms with Gasteiger partial charge in [0, 0.05) is 0 Å². The Morgan fingerprint density at radius 1 is 0.875 bits per heavy atom. The summed E-state index contributed by atoms with van der Waals surface area (Å²) in [6.45, 7) is 0. The zero-order valence-corrected chi connectivity index (χ0v) is 12.0. The summed E-state index contributed by atoms with van der Waals surface area (Å²) in [7, 11) is 0. The van der Waals surface area contributed by atoms with Crippen LogP contribution in [-0.4, -0.2) is 44.3 Å². The molecule has 24 heavy (non-hydrogen) atoms. The van der Waals surface area contributed by atoms with Gasteiger partial charge in [-0.05, 0) is 23.3 Å². The van der Waals surface area contributed by atoms with Crippen molar-refractivity contribution in [2.24, 2.45) is 11.3 Å². The van der Waals surface area contributed by atoms with E-state index in [4.69, 9.17) is 0 Å². The fourth-order valence-electron chi connectivity index (χ4n) is 2.66. The number of benzene rings is 1. The molecule has 4 N–H and O–H groups in total. The van der Waals surface area contributed by atoms with E-state index in [0.717, 1.165) is 6.08 Å². The number of carboxylic acids is 4. The summed E-state index contributed by atoms with van der Waals surface area (Å²) in [6, 6.07) is 7.59. The minimum atomic E-state index is -2.93. The van der Waals surface area contributed by atoms with Gasteiger partial charge in [-0.1, -0.05) is 30.3 Å². The van der Waals surface area contributed by atoms with Gasteiger partial charge in [0.1, 0.15) is 5.92 Å². The van der Waals surface area contributed by atoms with Crippen LogP contribution in [0, 0.1) is 11.3 Å². The predicted molar refractivity (Wildman–Crippen MR) is 79.0 cm³/mol. The highest BCUT2D eigenvalue weighted by atomic mass is 16.4. The number of carboxylic acid groups (broad SMARTS) is 4. The number of hydrogen-bond acceptors (Lipinski definition) is 4. The first-order valence-corrected chi connectivity index (χ1v) is 6.64. The summed E-state index contributed by atoms with van der Waals surface area (Å²) in [5.41, 5.74) is -3.51. The molecule has 0 bridgehead atoms. The lowest BCUT2D eigenvalue weighted by Gasteiger charge is -2.33. The molecule has 0 aliphatic heterocycles. The van der Waals surface area contributed by atoms with Gasteiger partial charge in [0.25, 0.3) is 0 Å². The topological polar surface area (TPSA) is 149 Å². The molecule has 1 aromatic rings. The van der Waals surface area contributed by atoms with Crippen LogP contribution in [-0.2, 0) is 19.2 Å². The maximum Gasteiger partial charge on any atom is 0.335 e. The van der Waals surface area contributed by atoms with Crippen LogP contribution in [0.15, 0.2) is 48.1 Å². The highest BCUT2D eigenvalue weighted by Gasteiger charge is 2.58. The number of rotatable bonds is 5. The van der Waals surface area contributed by atoms with E-state index in [2.05, 4.69) is 0 Å². The molecule has 1 atom stereocenters. The normalized spacial score (nSPS) is 18.9. The Morgan fingerprint density at radius 3 is 1.83 bits per heavy atom. The summed E-state index contributed by atoms with van der Waals surface area (Å²) in [6.07, 6.45) is 1.45. The van der Waals surface area contributed by atoms with Crippen LogP contribution in [0.2, 0.25) is 0 Å². The second-order valence-electron chi connectivity index (χ2n) is 5.12. The van der Waals surface area contributed by atoms with Crippen molar-refractivity contribution in [3.63, 3.8) is 0 Å². The van der Waals surface area contributed by atoms with E-state index in [0.29, 0.717) is 6.08 Å². The van der Waals surface area contributed by atoms with Crippen molar-refractivity contribution in [3.05, 3.63) is 53.6 Å². The number of hydrogen-bond donors (Lipinski definition) is 4. The molecule has 0 saturated heterocycles. The molecule has 0 heterocycles. The Kier molecular flexibility index (Phi) is 4.23. The van der Waals surface area contributed by atoms with E-state index in [1.54, 1.807) is 6.07 Å². The third-order valence-electron chi connectivity index (χ3n) is 3.77. The molecule has 2 rings (SSSR count). The Bertz CT molecular complexity index is 774. The standard InChI is InChI=1S/C16H12O8/c17-12(18)9-6-10(8-4-2-1-3-5-8)11(13(19)20)16(7-9,14(21)22)15(23)24/h1-7,11H,(H,17,18)(H,19,20)(H,21,22)(H,23,24). The van der Waals surface area contributed by atoms with Gasteiger partial charge in [0.05, 0.1) is 5.57 Å². The van der Waals surface area contributed by atoms with E-state index in [1.807, 2.05) is 0 Å². The van der Waals surface area contributed by atoms with E-state index in [9.17, 15) is 39.6 Å². The van der Waals surface area contributed by atoms with Crippen LogP contribution in [0.3, 0.4) is 0 Å². The summed E-state index contributed by atoms with van der Waals surface area (Å²) >= 11 is 0. The van der Waals surface area contributed by atoms with Gasteiger partial charge in [-0.3, -0.25) is 14.4 Å². The lowest BCUT2D eigenvalue weighted by atomic mass is 9.66. The Labute approximate surface area is 135 Å². The Morgan fingerprint density at radius 2 is 1.42 bits per heavy atom. The van der Waals surface area contributed by atoms with Crippen LogP contribution in [0.25, 0.3) is 5.57 Å². The smallest absolute Gasteiger partial charge is 0.335 e. The molecule has 1 unspecified atom stereocenters. The van der Waals surface area contributed by atoms with Gasteiger partial charge in [0.2, 0.25) is 5.41 Å². The Balaban J connectivity index is 2.84. The number of carbonyl (C=O) groups is 4. The van der Waals surface area contributed by atoms with Crippen molar-refractivity contribution in [1.29, 1.82) is 0 Å². The number of aliphatic carboxylic acids is 4. The maximum absolute atomic E-state index is 11.7. The van der Waals surface area contributed by atoms with E-state index in [-0.39, 0.29) is 11.1 Å². The minimum Gasteiger partial charge on any atom is -0.481 e. The SMILES string of the molecule is O=C(O)C1=CC(C(=O)O)(C(=O)O)C(C(=O)O)C(c2ccccc2)=C1. The largest absolute Gasteiger partial charge is 0.481 e. The highest BCUT2D eigenvalue weighted by Crippen LogP contribution is 2.45. The summed E-state index contributed by atoms with van der Waals surface area (Å²) in [5, 5.41) is 37.5. The lowest BCUT2D eigenvalue weighted by molar-refractivity contribution is -0.169. The molecule has 1 aliphatic rings. The van der Waals surface area contributed by atoms with Crippen molar-refractivity contribution >= 4 is 29.5 Å². The van der Waals surface area contributed by atoms with E-state index in [1.165, 1.54) is 24.3 Å². The fraction of sp³-hybridized carbons (Fsp3) is 0.125. The van der Waals surface area contributed by atoms with Crippen molar-refractivity contribution < 1.29 is 39.6 Å². The van der Waals surface area contributed by atoms with Crippen molar-refractivity contribution in [1.82, 2.24) is 0 Å². The first kappa shape index (κ1) is 16.9. The van der Waals surface area contributed by atoms with Crippen molar-refractivity contribution in [2.45, 2.75) is 0 Å². The summed E-state index contributed by atoms with van der Waals surface area (Å²) in [4.78, 5) is 46.3. The molecule has 0 saturated carbocycles. The van der Waals surface area contributed by atoms with Gasteiger partial charge in [0.15, 0.2) is 0 Å². The first-order valence-electron chi connectivity index (χ1n) is 6.64. The second kappa shape index (κ2) is 5.99. The molecule has 8 nitrogen and oxygen atoms in total. The molecule has 124 valence electrons. The maximum atomic E-state index is 11.7. The lowest BCUT2D eigenvalue weighted by Crippen LogP contribution is -2.49. The molecular weight excluding hydrogens is 320 g/mol. The molecule has 0 spiro atoms. The quantitative estimate of drug-likeness (QED) is 0.582. The summed E-state index contributed by atoms with van der Waals surface area (Å²) in [5.74, 6) is -9.14. The van der Waals surface area contributed by atoms with Gasteiger partial charge in [-0.15, -0.1) is 0 Å². The van der Waals surface area contributed by atoms with Gasteiger partial charge in [-0.2, -0.15) is 0 Å². The third kappa shape index (κ3) is 2.54. The first-order chi connectivity index (χ1) is 11.2. The fourth-order valence-corrected chi connectivity index (χ4v) is 2.66.